The molecule has 0 aliphatic rings. The molecule has 0 bridgehead atoms. The summed E-state index contributed by atoms with van der Waals surface area (Å²) in [5, 5.41) is 8.55. The maximum atomic E-state index is 8.55. The molecule has 0 atom stereocenters. The van der Waals surface area contributed by atoms with Crippen LogP contribution in [0.1, 0.15) is 25.0 Å². The van der Waals surface area contributed by atoms with E-state index in [4.69, 9.17) is 5.26 Å². The molecule has 1 rings (SSSR count). The zero-order valence-electron chi connectivity index (χ0n) is 8.71. The molecule has 74 valence electrons. The lowest BCUT2D eigenvalue weighted by Gasteiger charge is -1.94. The van der Waals surface area contributed by atoms with E-state index >= 15 is 0 Å². The molecule has 1 aromatic carbocycles. The molecule has 0 unspecified atom stereocenters. The maximum Gasteiger partial charge on any atom is 0.100 e. The molecular formula is C12H14IN. The van der Waals surface area contributed by atoms with Crippen molar-refractivity contribution in [2.24, 2.45) is 0 Å². The van der Waals surface area contributed by atoms with E-state index in [1.807, 2.05) is 51.1 Å². The van der Waals surface area contributed by atoms with Crippen molar-refractivity contribution in [3.05, 3.63) is 45.0 Å². The summed E-state index contributed by atoms with van der Waals surface area (Å²) < 4.78 is 1.03. The van der Waals surface area contributed by atoms with Crippen LogP contribution in [0, 0.1) is 21.8 Å². The van der Waals surface area contributed by atoms with Crippen molar-refractivity contribution >= 4 is 22.6 Å². The van der Waals surface area contributed by atoms with Crippen LogP contribution >= 0.6 is 22.6 Å². The van der Waals surface area contributed by atoms with E-state index in [1.54, 1.807) is 0 Å². The molecule has 0 aromatic heterocycles. The van der Waals surface area contributed by atoms with Crippen LogP contribution in [0.3, 0.4) is 0 Å². The van der Waals surface area contributed by atoms with Gasteiger partial charge in [0, 0.05) is 3.57 Å². The number of hydrogen-bond acceptors (Lipinski definition) is 1. The first-order valence-electron chi connectivity index (χ1n) is 4.39. The molecule has 14 heavy (non-hydrogen) atoms. The quantitative estimate of drug-likeness (QED) is 0.523. The number of benzene rings is 1. The Morgan fingerprint density at radius 3 is 2.21 bits per heavy atom. The number of aryl methyl sites for hydroxylation is 1. The van der Waals surface area contributed by atoms with Crippen molar-refractivity contribution in [1.82, 2.24) is 0 Å². The second-order valence-corrected chi connectivity index (χ2v) is 3.92. The van der Waals surface area contributed by atoms with Crippen LogP contribution in [-0.2, 0) is 0 Å². The molecule has 1 nitrogen and oxygen atoms in total. The predicted molar refractivity (Wildman–Crippen MR) is 69.1 cm³/mol. The van der Waals surface area contributed by atoms with Gasteiger partial charge in [-0.1, -0.05) is 18.2 Å². The number of allylic oxidation sites excluding steroid dienone is 2. The second-order valence-electron chi connectivity index (χ2n) is 2.76. The van der Waals surface area contributed by atoms with Gasteiger partial charge >= 0.3 is 0 Å². The van der Waals surface area contributed by atoms with E-state index in [1.165, 1.54) is 5.56 Å². The van der Waals surface area contributed by atoms with E-state index in [0.29, 0.717) is 0 Å². The van der Waals surface area contributed by atoms with Gasteiger partial charge in [0.1, 0.15) is 6.07 Å². The van der Waals surface area contributed by atoms with Crippen LogP contribution in [0.2, 0.25) is 0 Å². The fourth-order valence-corrected chi connectivity index (χ4v) is 1.50. The van der Waals surface area contributed by atoms with Crippen molar-refractivity contribution in [2.75, 3.05) is 0 Å². The van der Waals surface area contributed by atoms with E-state index in [9.17, 15) is 0 Å². The Balaban J connectivity index is 0.000000364. The third-order valence-electron chi connectivity index (χ3n) is 1.58. The van der Waals surface area contributed by atoms with Gasteiger partial charge in [-0.05, 0) is 61.1 Å². The van der Waals surface area contributed by atoms with Gasteiger partial charge in [0.15, 0.2) is 0 Å². The Bertz CT molecular complexity index is 344. The smallest absolute Gasteiger partial charge is 0.100 e. The molecule has 0 radical (unpaired) electrons. The molecule has 2 heteroatoms. The summed E-state index contributed by atoms with van der Waals surface area (Å²) in [5.74, 6) is 0. The normalized spacial score (nSPS) is 9.07. The van der Waals surface area contributed by atoms with Gasteiger partial charge in [0.05, 0.1) is 5.56 Å². The molecule has 0 aliphatic carbocycles. The molecule has 1 aromatic rings. The fourth-order valence-electron chi connectivity index (χ4n) is 0.711. The van der Waals surface area contributed by atoms with Crippen LogP contribution in [0.25, 0.3) is 0 Å². The first-order valence-corrected chi connectivity index (χ1v) is 5.47. The second kappa shape index (κ2) is 7.57. The Labute approximate surface area is 99.6 Å². The topological polar surface area (TPSA) is 23.8 Å². The number of hydrogen-bond donors (Lipinski definition) is 0. The zero-order chi connectivity index (χ0) is 11.0. The van der Waals surface area contributed by atoms with Crippen molar-refractivity contribution < 1.29 is 0 Å². The van der Waals surface area contributed by atoms with Crippen LogP contribution in [0.5, 0.6) is 0 Å². The van der Waals surface area contributed by atoms with Crippen LogP contribution < -0.4 is 0 Å². The predicted octanol–water partition coefficient (Wildman–Crippen LogP) is 4.05. The number of rotatable bonds is 0. The van der Waals surface area contributed by atoms with E-state index in [0.717, 1.165) is 9.13 Å². The molecule has 0 aliphatic heterocycles. The van der Waals surface area contributed by atoms with Crippen molar-refractivity contribution in [3.8, 4) is 6.07 Å². The van der Waals surface area contributed by atoms with Crippen molar-refractivity contribution in [3.63, 3.8) is 0 Å². The summed E-state index contributed by atoms with van der Waals surface area (Å²) in [6, 6.07) is 7.90. The Kier molecular flexibility index (Phi) is 7.13. The van der Waals surface area contributed by atoms with Crippen LogP contribution in [-0.4, -0.2) is 0 Å². The minimum Gasteiger partial charge on any atom is -0.192 e. The monoisotopic (exact) mass is 299 g/mol. The first kappa shape index (κ1) is 13.2. The number of nitriles is 1. The van der Waals surface area contributed by atoms with E-state index in [2.05, 4.69) is 28.7 Å². The fraction of sp³-hybridized carbons (Fsp3) is 0.250. The lowest BCUT2D eigenvalue weighted by atomic mass is 10.2. The molecule has 0 heterocycles. The third kappa shape index (κ3) is 5.03. The number of nitrogens with zero attached hydrogens (tertiary/aromatic N) is 1. The molecule has 0 amide bonds. The standard InChI is InChI=1S/C8H6IN.C4H8/c1-6-2-3-7(5-10)8(9)4-6;1-3-4-2/h2-4H,1H3;3-4H,1-2H3. The summed E-state index contributed by atoms with van der Waals surface area (Å²) in [5.41, 5.74) is 1.95. The Hall–Kier alpha value is -0.820. The van der Waals surface area contributed by atoms with Gasteiger partial charge in [0.25, 0.3) is 0 Å². The van der Waals surface area contributed by atoms with E-state index in [-0.39, 0.29) is 0 Å². The van der Waals surface area contributed by atoms with E-state index < -0.39 is 0 Å². The average Bonchev–Trinajstić information content (AvgIpc) is 2.18. The van der Waals surface area contributed by atoms with Crippen LogP contribution in [0.4, 0.5) is 0 Å². The number of halogens is 1. The molecule has 0 spiro atoms. The highest BCUT2D eigenvalue weighted by Gasteiger charge is 1.95. The van der Waals surface area contributed by atoms with Gasteiger partial charge < -0.3 is 0 Å². The van der Waals surface area contributed by atoms with Crippen molar-refractivity contribution in [2.45, 2.75) is 20.8 Å². The summed E-state index contributed by atoms with van der Waals surface area (Å²) >= 11 is 2.16. The van der Waals surface area contributed by atoms with Gasteiger partial charge in [0.2, 0.25) is 0 Å². The minimum absolute atomic E-state index is 0.756. The summed E-state index contributed by atoms with van der Waals surface area (Å²) in [6.07, 6.45) is 4.00. The SMILES string of the molecule is CC=CC.Cc1ccc(C#N)c(I)c1. The van der Waals surface area contributed by atoms with Gasteiger partial charge in [-0.15, -0.1) is 0 Å². The molecular weight excluding hydrogens is 285 g/mol. The largest absolute Gasteiger partial charge is 0.192 e. The Morgan fingerprint density at radius 2 is 1.86 bits per heavy atom. The molecule has 0 saturated heterocycles. The van der Waals surface area contributed by atoms with Gasteiger partial charge in [-0.3, -0.25) is 0 Å². The highest BCUT2D eigenvalue weighted by atomic mass is 127. The lowest BCUT2D eigenvalue weighted by Crippen LogP contribution is -1.81. The lowest BCUT2D eigenvalue weighted by molar-refractivity contribution is 1.40. The first-order chi connectivity index (χ1) is 6.65. The van der Waals surface area contributed by atoms with Crippen LogP contribution in [0.15, 0.2) is 30.4 Å². The minimum atomic E-state index is 0.756. The molecule has 0 fully saturated rings. The Morgan fingerprint density at radius 1 is 1.29 bits per heavy atom. The zero-order valence-corrected chi connectivity index (χ0v) is 10.9. The van der Waals surface area contributed by atoms with Crippen molar-refractivity contribution in [1.29, 1.82) is 5.26 Å². The highest BCUT2D eigenvalue weighted by molar-refractivity contribution is 14.1. The summed E-state index contributed by atoms with van der Waals surface area (Å²) in [7, 11) is 0. The molecule has 0 saturated carbocycles. The average molecular weight is 299 g/mol. The maximum absolute atomic E-state index is 8.55. The summed E-state index contributed by atoms with van der Waals surface area (Å²) in [4.78, 5) is 0. The van der Waals surface area contributed by atoms with Gasteiger partial charge in [-0.25, -0.2) is 0 Å². The molecule has 0 N–H and O–H groups in total. The third-order valence-corrected chi connectivity index (χ3v) is 2.47. The van der Waals surface area contributed by atoms with Gasteiger partial charge in [-0.2, -0.15) is 5.26 Å². The summed E-state index contributed by atoms with van der Waals surface area (Å²) in [6.45, 7) is 6.02. The highest BCUT2D eigenvalue weighted by Crippen LogP contribution is 2.12.